The lowest BCUT2D eigenvalue weighted by Gasteiger charge is -2.24. The second-order valence-electron chi connectivity index (χ2n) is 6.49. The lowest BCUT2D eigenvalue weighted by atomic mass is 9.85. The summed E-state index contributed by atoms with van der Waals surface area (Å²) >= 11 is 0. The molecule has 2 amide bonds. The largest absolute Gasteiger partial charge is 0.366 e. The average Bonchev–Trinajstić information content (AvgIpc) is 2.91. The number of carbonyl (C=O) groups is 2. The van der Waals surface area contributed by atoms with E-state index in [-0.39, 0.29) is 11.9 Å². The molecule has 2 aliphatic rings. The molecule has 3 rings (SSSR count). The molecule has 1 saturated carbocycles. The number of rotatable bonds is 3. The molecule has 2 fully saturated rings. The monoisotopic (exact) mass is 301 g/mol. The maximum absolute atomic E-state index is 12.4. The minimum Gasteiger partial charge on any atom is -0.366 e. The average molecular weight is 301 g/mol. The highest BCUT2D eigenvalue weighted by molar-refractivity contribution is 5.97. The molecule has 118 valence electrons. The van der Waals surface area contributed by atoms with Crippen LogP contribution in [0.4, 0.5) is 5.69 Å². The fraction of sp³-hybridized carbons (Fsp3) is 0.529. The molecule has 1 aromatic carbocycles. The molecule has 3 atom stereocenters. The lowest BCUT2D eigenvalue weighted by molar-refractivity contribution is -0.117. The molecule has 4 N–H and O–H groups in total. The molecule has 1 aliphatic carbocycles. The number of hydrogen-bond donors (Lipinski definition) is 3. The van der Waals surface area contributed by atoms with E-state index in [2.05, 4.69) is 10.6 Å². The normalized spacial score (nSPS) is 27.2. The molecule has 22 heavy (non-hydrogen) atoms. The maximum atomic E-state index is 12.4. The van der Waals surface area contributed by atoms with Gasteiger partial charge in [0.05, 0.1) is 6.04 Å². The summed E-state index contributed by atoms with van der Waals surface area (Å²) in [5.74, 6) is 0.209. The number of aryl methyl sites for hydroxylation is 1. The first-order valence-corrected chi connectivity index (χ1v) is 8.02. The SMILES string of the molecule is Cc1cc(NC(=O)C2CC3CCCCC3N2)ccc1C(N)=O. The van der Waals surface area contributed by atoms with Crippen LogP contribution in [-0.4, -0.2) is 23.9 Å². The third-order valence-corrected chi connectivity index (χ3v) is 4.94. The molecule has 1 saturated heterocycles. The summed E-state index contributed by atoms with van der Waals surface area (Å²) in [7, 11) is 0. The zero-order chi connectivity index (χ0) is 15.7. The van der Waals surface area contributed by atoms with E-state index in [0.29, 0.717) is 23.2 Å². The van der Waals surface area contributed by atoms with Crippen LogP contribution >= 0.6 is 0 Å². The number of nitrogens with one attached hydrogen (secondary N) is 2. The van der Waals surface area contributed by atoms with Gasteiger partial charge in [0.15, 0.2) is 0 Å². The van der Waals surface area contributed by atoms with Gasteiger partial charge in [0.25, 0.3) is 0 Å². The fourth-order valence-electron chi connectivity index (χ4n) is 3.77. The maximum Gasteiger partial charge on any atom is 0.248 e. The number of nitrogens with two attached hydrogens (primary N) is 1. The topological polar surface area (TPSA) is 84.2 Å². The molecule has 1 aromatic rings. The van der Waals surface area contributed by atoms with Crippen molar-refractivity contribution in [1.29, 1.82) is 0 Å². The summed E-state index contributed by atoms with van der Waals surface area (Å²) in [5.41, 5.74) is 7.27. The predicted molar refractivity (Wildman–Crippen MR) is 85.6 cm³/mol. The van der Waals surface area contributed by atoms with Crippen LogP contribution in [0, 0.1) is 12.8 Å². The second kappa shape index (κ2) is 6.08. The Morgan fingerprint density at radius 3 is 2.73 bits per heavy atom. The highest BCUT2D eigenvalue weighted by Gasteiger charge is 2.38. The van der Waals surface area contributed by atoms with Crippen molar-refractivity contribution in [2.24, 2.45) is 11.7 Å². The number of benzene rings is 1. The molecule has 5 heteroatoms. The standard InChI is InChI=1S/C17H23N3O2/c1-10-8-12(6-7-13(10)16(18)21)19-17(22)15-9-11-4-2-3-5-14(11)20-15/h6-8,11,14-15,20H,2-5,9H2,1H3,(H2,18,21)(H,19,22). The van der Waals surface area contributed by atoms with Gasteiger partial charge in [-0.25, -0.2) is 0 Å². The van der Waals surface area contributed by atoms with Gasteiger partial charge in [-0.2, -0.15) is 0 Å². The minimum absolute atomic E-state index is 0.0145. The third kappa shape index (κ3) is 2.99. The number of amides is 2. The molecule has 0 aromatic heterocycles. The van der Waals surface area contributed by atoms with Crippen LogP contribution in [0.1, 0.15) is 48.0 Å². The summed E-state index contributed by atoms with van der Waals surface area (Å²) in [4.78, 5) is 23.7. The Bertz CT molecular complexity index is 586. The van der Waals surface area contributed by atoms with Crippen molar-refractivity contribution in [2.45, 2.75) is 51.1 Å². The molecule has 0 spiro atoms. The molecule has 3 unspecified atom stereocenters. The van der Waals surface area contributed by atoms with Crippen LogP contribution in [0.2, 0.25) is 0 Å². The van der Waals surface area contributed by atoms with Crippen molar-refractivity contribution in [2.75, 3.05) is 5.32 Å². The quantitative estimate of drug-likeness (QED) is 0.798. The third-order valence-electron chi connectivity index (χ3n) is 4.94. The van der Waals surface area contributed by atoms with E-state index in [1.165, 1.54) is 25.7 Å². The van der Waals surface area contributed by atoms with Gasteiger partial charge >= 0.3 is 0 Å². The van der Waals surface area contributed by atoms with Crippen molar-refractivity contribution >= 4 is 17.5 Å². The van der Waals surface area contributed by atoms with Gasteiger partial charge in [0.1, 0.15) is 0 Å². The van der Waals surface area contributed by atoms with E-state index in [1.54, 1.807) is 18.2 Å². The summed E-state index contributed by atoms with van der Waals surface area (Å²) in [6.07, 6.45) is 5.88. The van der Waals surface area contributed by atoms with Gasteiger partial charge < -0.3 is 16.4 Å². The highest BCUT2D eigenvalue weighted by atomic mass is 16.2. The smallest absolute Gasteiger partial charge is 0.248 e. The van der Waals surface area contributed by atoms with Gasteiger partial charge in [-0.05, 0) is 55.9 Å². The van der Waals surface area contributed by atoms with Crippen LogP contribution in [0.5, 0.6) is 0 Å². The Hall–Kier alpha value is -1.88. The Labute approximate surface area is 130 Å². The molecule has 1 heterocycles. The zero-order valence-corrected chi connectivity index (χ0v) is 12.9. The zero-order valence-electron chi connectivity index (χ0n) is 12.9. The van der Waals surface area contributed by atoms with E-state index >= 15 is 0 Å². The molecule has 5 nitrogen and oxygen atoms in total. The van der Waals surface area contributed by atoms with Gasteiger partial charge in [0, 0.05) is 17.3 Å². The molecular weight excluding hydrogens is 278 g/mol. The van der Waals surface area contributed by atoms with Crippen LogP contribution in [-0.2, 0) is 4.79 Å². The van der Waals surface area contributed by atoms with E-state index < -0.39 is 5.91 Å². The summed E-state index contributed by atoms with van der Waals surface area (Å²) < 4.78 is 0. The number of anilines is 1. The number of hydrogen-bond acceptors (Lipinski definition) is 3. The Balaban J connectivity index is 1.65. The van der Waals surface area contributed by atoms with Crippen LogP contribution < -0.4 is 16.4 Å². The summed E-state index contributed by atoms with van der Waals surface area (Å²) in [5, 5.41) is 6.42. The van der Waals surface area contributed by atoms with Crippen molar-refractivity contribution in [3.8, 4) is 0 Å². The summed E-state index contributed by atoms with van der Waals surface area (Å²) in [6.45, 7) is 1.82. The highest BCUT2D eigenvalue weighted by Crippen LogP contribution is 2.33. The van der Waals surface area contributed by atoms with Crippen LogP contribution in [0.15, 0.2) is 18.2 Å². The minimum atomic E-state index is -0.447. The number of fused-ring (bicyclic) bond motifs is 1. The first-order chi connectivity index (χ1) is 10.5. The van der Waals surface area contributed by atoms with Crippen LogP contribution in [0.25, 0.3) is 0 Å². The van der Waals surface area contributed by atoms with Gasteiger partial charge in [0.2, 0.25) is 11.8 Å². The first-order valence-electron chi connectivity index (χ1n) is 8.02. The predicted octanol–water partition coefficient (Wildman–Crippen LogP) is 1.95. The first kappa shape index (κ1) is 15.0. The molecule has 0 bridgehead atoms. The van der Waals surface area contributed by atoms with Crippen molar-refractivity contribution < 1.29 is 9.59 Å². The van der Waals surface area contributed by atoms with E-state index in [1.807, 2.05) is 6.92 Å². The van der Waals surface area contributed by atoms with E-state index in [4.69, 9.17) is 5.73 Å². The molecule has 0 radical (unpaired) electrons. The number of primary amides is 1. The Morgan fingerprint density at radius 1 is 1.27 bits per heavy atom. The second-order valence-corrected chi connectivity index (χ2v) is 6.49. The molecular formula is C17H23N3O2. The number of carbonyl (C=O) groups excluding carboxylic acids is 2. The van der Waals surface area contributed by atoms with Crippen LogP contribution in [0.3, 0.4) is 0 Å². The lowest BCUT2D eigenvalue weighted by Crippen LogP contribution is -2.39. The van der Waals surface area contributed by atoms with Crippen molar-refractivity contribution in [3.05, 3.63) is 29.3 Å². The Kier molecular flexibility index (Phi) is 4.16. The molecule has 1 aliphatic heterocycles. The van der Waals surface area contributed by atoms with Gasteiger partial charge in [-0.15, -0.1) is 0 Å². The van der Waals surface area contributed by atoms with Gasteiger partial charge in [-0.3, -0.25) is 9.59 Å². The van der Waals surface area contributed by atoms with E-state index in [0.717, 1.165) is 12.0 Å². The summed E-state index contributed by atoms with van der Waals surface area (Å²) in [6, 6.07) is 5.58. The van der Waals surface area contributed by atoms with E-state index in [9.17, 15) is 9.59 Å². The van der Waals surface area contributed by atoms with Crippen molar-refractivity contribution in [1.82, 2.24) is 5.32 Å². The fourth-order valence-corrected chi connectivity index (χ4v) is 3.77. The Morgan fingerprint density at radius 2 is 2.05 bits per heavy atom. The van der Waals surface area contributed by atoms with Crippen molar-refractivity contribution in [3.63, 3.8) is 0 Å². The van der Waals surface area contributed by atoms with Gasteiger partial charge in [-0.1, -0.05) is 12.8 Å².